The van der Waals surface area contributed by atoms with E-state index in [1.54, 1.807) is 0 Å². The summed E-state index contributed by atoms with van der Waals surface area (Å²) < 4.78 is 0. The molecule has 0 bridgehead atoms. The van der Waals surface area contributed by atoms with Gasteiger partial charge in [0, 0.05) is 31.6 Å². The Morgan fingerprint density at radius 1 is 1.25 bits per heavy atom. The minimum atomic E-state index is 0.275. The maximum absolute atomic E-state index is 12.3. The maximum Gasteiger partial charge on any atom is 0.225 e. The standard InChI is InChI=1S/C12H23N3O/c1-10-9-15(8-7-14(10)2)12(16)11-3-5-13-6-4-11/h10-11,13H,3-9H2,1-2H3. The zero-order chi connectivity index (χ0) is 11.5. The molecular formula is C12H23N3O. The molecule has 0 aromatic heterocycles. The van der Waals surface area contributed by atoms with Gasteiger partial charge in [0.2, 0.25) is 5.91 Å². The second kappa shape index (κ2) is 5.15. The lowest BCUT2D eigenvalue weighted by Crippen LogP contribution is -2.54. The zero-order valence-corrected chi connectivity index (χ0v) is 10.4. The van der Waals surface area contributed by atoms with Crippen LogP contribution in [-0.4, -0.2) is 61.5 Å². The molecule has 1 amide bonds. The van der Waals surface area contributed by atoms with Gasteiger partial charge in [0.25, 0.3) is 0 Å². The molecule has 2 fully saturated rings. The van der Waals surface area contributed by atoms with Gasteiger partial charge in [0.1, 0.15) is 0 Å². The summed E-state index contributed by atoms with van der Waals surface area (Å²) in [6.07, 6.45) is 2.03. The minimum Gasteiger partial charge on any atom is -0.340 e. The summed E-state index contributed by atoms with van der Waals surface area (Å²) >= 11 is 0. The molecular weight excluding hydrogens is 202 g/mol. The van der Waals surface area contributed by atoms with Crippen molar-refractivity contribution >= 4 is 5.91 Å². The molecule has 2 aliphatic heterocycles. The van der Waals surface area contributed by atoms with Crippen LogP contribution in [0.2, 0.25) is 0 Å². The fraction of sp³-hybridized carbons (Fsp3) is 0.917. The van der Waals surface area contributed by atoms with Gasteiger partial charge < -0.3 is 15.1 Å². The fourth-order valence-corrected chi connectivity index (χ4v) is 2.58. The molecule has 1 atom stereocenters. The number of nitrogens with zero attached hydrogens (tertiary/aromatic N) is 2. The van der Waals surface area contributed by atoms with Gasteiger partial charge in [-0.1, -0.05) is 0 Å². The van der Waals surface area contributed by atoms with Crippen LogP contribution in [0.5, 0.6) is 0 Å². The highest BCUT2D eigenvalue weighted by molar-refractivity contribution is 5.79. The Kier molecular flexibility index (Phi) is 3.82. The lowest BCUT2D eigenvalue weighted by atomic mass is 9.96. The molecule has 0 aromatic rings. The van der Waals surface area contributed by atoms with E-state index in [2.05, 4.69) is 29.1 Å². The first-order valence-corrected chi connectivity index (χ1v) is 6.38. The summed E-state index contributed by atoms with van der Waals surface area (Å²) in [5, 5.41) is 3.31. The first-order valence-electron chi connectivity index (χ1n) is 6.38. The maximum atomic E-state index is 12.3. The highest BCUT2D eigenvalue weighted by Gasteiger charge is 2.29. The van der Waals surface area contributed by atoms with Crippen LogP contribution in [0.3, 0.4) is 0 Å². The number of likely N-dealkylation sites (N-methyl/N-ethyl adjacent to an activating group) is 1. The summed E-state index contributed by atoms with van der Waals surface area (Å²) in [5.74, 6) is 0.665. The Hall–Kier alpha value is -0.610. The molecule has 0 saturated carbocycles. The van der Waals surface area contributed by atoms with Crippen molar-refractivity contribution in [3.8, 4) is 0 Å². The largest absolute Gasteiger partial charge is 0.340 e. The molecule has 0 aliphatic carbocycles. The predicted octanol–water partition coefficient (Wildman–Crippen LogP) is 0.149. The van der Waals surface area contributed by atoms with Crippen molar-refractivity contribution in [3.05, 3.63) is 0 Å². The van der Waals surface area contributed by atoms with Crippen LogP contribution < -0.4 is 5.32 Å². The molecule has 2 rings (SSSR count). The van der Waals surface area contributed by atoms with Crippen LogP contribution >= 0.6 is 0 Å². The van der Waals surface area contributed by atoms with Crippen LogP contribution in [0.1, 0.15) is 19.8 Å². The van der Waals surface area contributed by atoms with Gasteiger partial charge in [-0.15, -0.1) is 0 Å². The summed E-state index contributed by atoms with van der Waals surface area (Å²) in [6.45, 7) is 7.02. The minimum absolute atomic E-state index is 0.275. The van der Waals surface area contributed by atoms with E-state index < -0.39 is 0 Å². The molecule has 2 saturated heterocycles. The normalized spacial score (nSPS) is 29.4. The number of carbonyl (C=O) groups excluding carboxylic acids is 1. The lowest BCUT2D eigenvalue weighted by molar-refractivity contribution is -0.139. The molecule has 1 unspecified atom stereocenters. The van der Waals surface area contributed by atoms with Gasteiger partial charge in [-0.25, -0.2) is 0 Å². The topological polar surface area (TPSA) is 35.6 Å². The Morgan fingerprint density at radius 2 is 1.94 bits per heavy atom. The van der Waals surface area contributed by atoms with Gasteiger partial charge in [-0.3, -0.25) is 4.79 Å². The third-order valence-electron chi connectivity index (χ3n) is 3.96. The second-order valence-electron chi connectivity index (χ2n) is 5.14. The summed E-state index contributed by atoms with van der Waals surface area (Å²) in [7, 11) is 2.14. The van der Waals surface area contributed by atoms with Gasteiger partial charge in [0.05, 0.1) is 0 Å². The quantitative estimate of drug-likeness (QED) is 0.690. The van der Waals surface area contributed by atoms with Crippen molar-refractivity contribution in [2.24, 2.45) is 5.92 Å². The summed E-state index contributed by atoms with van der Waals surface area (Å²) in [4.78, 5) is 16.7. The van der Waals surface area contributed by atoms with Crippen molar-refractivity contribution in [2.75, 3.05) is 39.8 Å². The Labute approximate surface area is 98.0 Å². The van der Waals surface area contributed by atoms with E-state index in [9.17, 15) is 4.79 Å². The van der Waals surface area contributed by atoms with Crippen LogP contribution in [0, 0.1) is 5.92 Å². The molecule has 0 radical (unpaired) electrons. The van der Waals surface area contributed by atoms with Crippen LogP contribution in [0.25, 0.3) is 0 Å². The molecule has 0 aromatic carbocycles. The van der Waals surface area contributed by atoms with E-state index in [0.717, 1.165) is 45.6 Å². The molecule has 1 N–H and O–H groups in total. The lowest BCUT2D eigenvalue weighted by Gasteiger charge is -2.39. The number of hydrogen-bond acceptors (Lipinski definition) is 3. The summed E-state index contributed by atoms with van der Waals surface area (Å²) in [5.41, 5.74) is 0. The summed E-state index contributed by atoms with van der Waals surface area (Å²) in [6, 6.07) is 0.499. The Bertz CT molecular complexity index is 251. The van der Waals surface area contributed by atoms with Crippen molar-refractivity contribution in [1.29, 1.82) is 0 Å². The SMILES string of the molecule is CC1CN(C(=O)C2CCNCC2)CCN1C. The third kappa shape index (κ3) is 2.55. The van der Waals surface area contributed by atoms with Crippen molar-refractivity contribution in [1.82, 2.24) is 15.1 Å². The molecule has 2 aliphatic rings. The van der Waals surface area contributed by atoms with Gasteiger partial charge in [-0.05, 0) is 39.9 Å². The van der Waals surface area contributed by atoms with Gasteiger partial charge in [-0.2, -0.15) is 0 Å². The molecule has 0 spiro atoms. The van der Waals surface area contributed by atoms with Crippen molar-refractivity contribution in [3.63, 3.8) is 0 Å². The second-order valence-corrected chi connectivity index (χ2v) is 5.14. The van der Waals surface area contributed by atoms with Crippen LogP contribution in [-0.2, 0) is 4.79 Å². The molecule has 4 heteroatoms. The van der Waals surface area contributed by atoms with E-state index in [4.69, 9.17) is 0 Å². The molecule has 92 valence electrons. The highest BCUT2D eigenvalue weighted by atomic mass is 16.2. The number of rotatable bonds is 1. The van der Waals surface area contributed by atoms with Gasteiger partial charge >= 0.3 is 0 Å². The van der Waals surface area contributed by atoms with E-state index in [0.29, 0.717) is 11.9 Å². The predicted molar refractivity (Wildman–Crippen MR) is 64.3 cm³/mol. The van der Waals surface area contributed by atoms with E-state index in [-0.39, 0.29) is 5.92 Å². The van der Waals surface area contributed by atoms with E-state index in [1.165, 1.54) is 0 Å². The molecule has 16 heavy (non-hydrogen) atoms. The van der Waals surface area contributed by atoms with Crippen LogP contribution in [0.15, 0.2) is 0 Å². The fourth-order valence-electron chi connectivity index (χ4n) is 2.58. The van der Waals surface area contributed by atoms with E-state index >= 15 is 0 Å². The monoisotopic (exact) mass is 225 g/mol. The van der Waals surface area contributed by atoms with E-state index in [1.807, 2.05) is 0 Å². The Balaban J connectivity index is 1.89. The molecule has 4 nitrogen and oxygen atoms in total. The van der Waals surface area contributed by atoms with Crippen LogP contribution in [0.4, 0.5) is 0 Å². The zero-order valence-electron chi connectivity index (χ0n) is 10.4. The number of nitrogens with one attached hydrogen (secondary N) is 1. The number of piperidine rings is 1. The van der Waals surface area contributed by atoms with Crippen molar-refractivity contribution in [2.45, 2.75) is 25.8 Å². The van der Waals surface area contributed by atoms with Crippen molar-refractivity contribution < 1.29 is 4.79 Å². The number of piperazine rings is 1. The first kappa shape index (κ1) is 11.9. The third-order valence-corrected chi connectivity index (χ3v) is 3.96. The molecule has 2 heterocycles. The van der Waals surface area contributed by atoms with Gasteiger partial charge in [0.15, 0.2) is 0 Å². The Morgan fingerprint density at radius 3 is 2.56 bits per heavy atom. The number of carbonyl (C=O) groups is 1. The average molecular weight is 225 g/mol. The smallest absolute Gasteiger partial charge is 0.225 e. The number of hydrogen-bond donors (Lipinski definition) is 1. The highest BCUT2D eigenvalue weighted by Crippen LogP contribution is 2.17. The number of amides is 1. The first-order chi connectivity index (χ1) is 7.68. The average Bonchev–Trinajstić information content (AvgIpc) is 2.33.